The van der Waals surface area contributed by atoms with Gasteiger partial charge >= 0.3 is 0 Å². The average Bonchev–Trinajstić information content (AvgIpc) is 2.26. The summed E-state index contributed by atoms with van der Waals surface area (Å²) in [6, 6.07) is 0. The maximum absolute atomic E-state index is 9.93. The lowest BCUT2D eigenvalue weighted by Gasteiger charge is -2.34. The SMILES string of the molecule is CC(CC(O)C(O)CO)C(O)C(C)(C)CO. The second-order valence-electron chi connectivity index (χ2n) is 5.12. The molecule has 5 N–H and O–H groups in total. The third-order valence-corrected chi connectivity index (χ3v) is 2.99. The zero-order chi connectivity index (χ0) is 12.9. The van der Waals surface area contributed by atoms with Gasteiger partial charge in [-0.25, -0.2) is 0 Å². The largest absolute Gasteiger partial charge is 0.396 e. The highest BCUT2D eigenvalue weighted by atomic mass is 16.4. The zero-order valence-electron chi connectivity index (χ0n) is 10.2. The fraction of sp³-hybridized carbons (Fsp3) is 1.00. The Labute approximate surface area is 96.4 Å². The Kier molecular flexibility index (Phi) is 6.43. The Morgan fingerprint density at radius 3 is 1.88 bits per heavy atom. The van der Waals surface area contributed by atoms with Gasteiger partial charge in [0.2, 0.25) is 0 Å². The Hall–Kier alpha value is -0.200. The number of hydrogen-bond acceptors (Lipinski definition) is 5. The molecule has 5 nitrogen and oxygen atoms in total. The van der Waals surface area contributed by atoms with Gasteiger partial charge < -0.3 is 25.5 Å². The summed E-state index contributed by atoms with van der Waals surface area (Å²) in [6.45, 7) is 4.52. The smallest absolute Gasteiger partial charge is 0.103 e. The Morgan fingerprint density at radius 2 is 1.50 bits per heavy atom. The van der Waals surface area contributed by atoms with Crippen LogP contribution in [0.2, 0.25) is 0 Å². The Bertz CT molecular complexity index is 195. The van der Waals surface area contributed by atoms with Gasteiger partial charge in [-0.15, -0.1) is 0 Å². The van der Waals surface area contributed by atoms with E-state index >= 15 is 0 Å². The molecule has 0 heterocycles. The highest BCUT2D eigenvalue weighted by Crippen LogP contribution is 2.28. The third-order valence-electron chi connectivity index (χ3n) is 2.99. The van der Waals surface area contributed by atoms with E-state index in [-0.39, 0.29) is 18.9 Å². The molecular weight excluding hydrogens is 212 g/mol. The van der Waals surface area contributed by atoms with Crippen LogP contribution in [0, 0.1) is 11.3 Å². The fourth-order valence-electron chi connectivity index (χ4n) is 1.65. The summed E-state index contributed by atoms with van der Waals surface area (Å²) in [4.78, 5) is 0. The van der Waals surface area contributed by atoms with Crippen LogP contribution in [0.4, 0.5) is 0 Å². The van der Waals surface area contributed by atoms with Crippen molar-refractivity contribution in [1.82, 2.24) is 0 Å². The predicted molar refractivity (Wildman–Crippen MR) is 59.8 cm³/mol. The van der Waals surface area contributed by atoms with E-state index in [0.717, 1.165) is 0 Å². The molecule has 4 unspecified atom stereocenters. The third kappa shape index (κ3) is 4.35. The molecule has 0 amide bonds. The van der Waals surface area contributed by atoms with E-state index < -0.39 is 30.3 Å². The van der Waals surface area contributed by atoms with Crippen molar-refractivity contribution in [3.63, 3.8) is 0 Å². The molecule has 0 aromatic carbocycles. The highest BCUT2D eigenvalue weighted by Gasteiger charge is 2.33. The van der Waals surface area contributed by atoms with Gasteiger partial charge in [-0.1, -0.05) is 20.8 Å². The maximum Gasteiger partial charge on any atom is 0.103 e. The van der Waals surface area contributed by atoms with Crippen LogP contribution in [-0.4, -0.2) is 57.1 Å². The van der Waals surface area contributed by atoms with Crippen LogP contribution in [-0.2, 0) is 0 Å². The highest BCUT2D eigenvalue weighted by molar-refractivity contribution is 4.83. The number of aliphatic hydroxyl groups is 5. The van der Waals surface area contributed by atoms with Crippen LogP contribution in [0.15, 0.2) is 0 Å². The molecule has 0 saturated carbocycles. The summed E-state index contributed by atoms with van der Waals surface area (Å²) in [7, 11) is 0. The van der Waals surface area contributed by atoms with Crippen molar-refractivity contribution in [2.24, 2.45) is 11.3 Å². The molecule has 4 atom stereocenters. The number of rotatable bonds is 7. The molecule has 0 bridgehead atoms. The zero-order valence-corrected chi connectivity index (χ0v) is 10.2. The van der Waals surface area contributed by atoms with Crippen molar-refractivity contribution in [2.45, 2.75) is 45.5 Å². The van der Waals surface area contributed by atoms with E-state index in [9.17, 15) is 15.3 Å². The van der Waals surface area contributed by atoms with Gasteiger partial charge in [0, 0.05) is 5.41 Å². The molecule has 0 saturated heterocycles. The first-order valence-electron chi connectivity index (χ1n) is 5.52. The minimum Gasteiger partial charge on any atom is -0.396 e. The quantitative estimate of drug-likeness (QED) is 0.394. The van der Waals surface area contributed by atoms with E-state index in [1.54, 1.807) is 20.8 Å². The van der Waals surface area contributed by atoms with Gasteiger partial charge in [0.15, 0.2) is 0 Å². The molecule has 98 valence electrons. The molecule has 0 aliphatic rings. The Morgan fingerprint density at radius 1 is 1.00 bits per heavy atom. The first-order valence-corrected chi connectivity index (χ1v) is 5.52. The molecule has 0 aliphatic carbocycles. The molecule has 16 heavy (non-hydrogen) atoms. The average molecular weight is 236 g/mol. The topological polar surface area (TPSA) is 101 Å². The van der Waals surface area contributed by atoms with Gasteiger partial charge in [-0.3, -0.25) is 0 Å². The molecule has 5 heteroatoms. The molecule has 0 aromatic heterocycles. The Balaban J connectivity index is 4.30. The van der Waals surface area contributed by atoms with Crippen LogP contribution in [0.5, 0.6) is 0 Å². The second kappa shape index (κ2) is 6.51. The summed E-state index contributed by atoms with van der Waals surface area (Å²) in [6.07, 6.45) is -2.86. The van der Waals surface area contributed by atoms with Crippen LogP contribution in [0.1, 0.15) is 27.2 Å². The lowest BCUT2D eigenvalue weighted by molar-refractivity contribution is -0.0628. The van der Waals surface area contributed by atoms with Crippen molar-refractivity contribution in [3.8, 4) is 0 Å². The molecule has 0 aromatic rings. The van der Waals surface area contributed by atoms with Gasteiger partial charge in [-0.05, 0) is 12.3 Å². The summed E-state index contributed by atoms with van der Waals surface area (Å²) in [5.74, 6) is -0.279. The van der Waals surface area contributed by atoms with E-state index in [1.165, 1.54) is 0 Å². The molecule has 0 radical (unpaired) electrons. The molecule has 0 aliphatic heterocycles. The van der Waals surface area contributed by atoms with Gasteiger partial charge in [0.25, 0.3) is 0 Å². The standard InChI is InChI=1S/C11H24O5/c1-7(4-8(14)9(15)5-12)10(16)11(2,3)6-13/h7-10,12-16H,4-6H2,1-3H3. The van der Waals surface area contributed by atoms with Crippen molar-refractivity contribution in [2.75, 3.05) is 13.2 Å². The minimum atomic E-state index is -1.19. The van der Waals surface area contributed by atoms with Crippen molar-refractivity contribution in [3.05, 3.63) is 0 Å². The number of aliphatic hydroxyl groups excluding tert-OH is 5. The number of hydrogen-bond donors (Lipinski definition) is 5. The van der Waals surface area contributed by atoms with Crippen LogP contribution in [0.25, 0.3) is 0 Å². The van der Waals surface area contributed by atoms with Crippen molar-refractivity contribution in [1.29, 1.82) is 0 Å². The second-order valence-corrected chi connectivity index (χ2v) is 5.12. The maximum atomic E-state index is 9.93. The van der Waals surface area contributed by atoms with E-state index in [0.29, 0.717) is 0 Å². The van der Waals surface area contributed by atoms with E-state index in [4.69, 9.17) is 10.2 Å². The molecular formula is C11H24O5. The summed E-state index contributed by atoms with van der Waals surface area (Å²) in [5, 5.41) is 46.4. The van der Waals surface area contributed by atoms with E-state index in [1.807, 2.05) is 0 Å². The van der Waals surface area contributed by atoms with E-state index in [2.05, 4.69) is 0 Å². The first-order chi connectivity index (χ1) is 7.26. The minimum absolute atomic E-state index is 0.156. The lowest BCUT2D eigenvalue weighted by atomic mass is 9.78. The predicted octanol–water partition coefficient (Wildman–Crippen LogP) is -0.894. The van der Waals surface area contributed by atoms with Crippen LogP contribution in [0.3, 0.4) is 0 Å². The van der Waals surface area contributed by atoms with Crippen molar-refractivity contribution >= 4 is 0 Å². The normalized spacial score (nSPS) is 20.2. The van der Waals surface area contributed by atoms with Crippen molar-refractivity contribution < 1.29 is 25.5 Å². The summed E-state index contributed by atoms with van der Waals surface area (Å²) < 4.78 is 0. The molecule has 0 fully saturated rings. The fourth-order valence-corrected chi connectivity index (χ4v) is 1.65. The molecule has 0 rings (SSSR count). The summed E-state index contributed by atoms with van der Waals surface area (Å²) >= 11 is 0. The van der Waals surface area contributed by atoms with Crippen LogP contribution >= 0.6 is 0 Å². The molecule has 0 spiro atoms. The first kappa shape index (κ1) is 15.8. The summed E-state index contributed by atoms with van der Waals surface area (Å²) in [5.41, 5.74) is -0.650. The lowest BCUT2D eigenvalue weighted by Crippen LogP contribution is -2.41. The van der Waals surface area contributed by atoms with Gasteiger partial charge in [0.05, 0.1) is 25.4 Å². The monoisotopic (exact) mass is 236 g/mol. The van der Waals surface area contributed by atoms with Crippen LogP contribution < -0.4 is 0 Å². The van der Waals surface area contributed by atoms with Gasteiger partial charge in [0.1, 0.15) is 6.10 Å². The van der Waals surface area contributed by atoms with Gasteiger partial charge in [-0.2, -0.15) is 0 Å².